The van der Waals surface area contributed by atoms with Crippen molar-refractivity contribution < 1.29 is 27.4 Å². The van der Waals surface area contributed by atoms with Crippen LogP contribution in [-0.2, 0) is 19.4 Å². The van der Waals surface area contributed by atoms with Crippen molar-refractivity contribution in [1.82, 2.24) is 4.98 Å². The molecule has 0 aliphatic rings. The van der Waals surface area contributed by atoms with Crippen molar-refractivity contribution in [1.29, 1.82) is 0 Å². The zero-order valence-corrected chi connectivity index (χ0v) is 13.7. The van der Waals surface area contributed by atoms with Gasteiger partial charge in [-0.3, -0.25) is 4.79 Å². The number of methoxy groups -OCH3 is 3. The van der Waals surface area contributed by atoms with E-state index in [9.17, 15) is 13.2 Å². The second kappa shape index (κ2) is 9.17. The molecule has 21 heavy (non-hydrogen) atoms. The molecule has 0 saturated carbocycles. The maximum Gasteiger partial charge on any atom is 0.306 e. The molecule has 0 amide bonds. The van der Waals surface area contributed by atoms with Gasteiger partial charge in [-0.2, -0.15) is 0 Å². The molecule has 1 aromatic heterocycles. The molecule has 1 rings (SSSR count). The predicted octanol–water partition coefficient (Wildman–Crippen LogP) is 1.46. The summed E-state index contributed by atoms with van der Waals surface area (Å²) in [6, 6.07) is 1.41. The summed E-state index contributed by atoms with van der Waals surface area (Å²) in [7, 11) is 0.0784. The van der Waals surface area contributed by atoms with E-state index in [2.05, 4.69) is 9.72 Å². The van der Waals surface area contributed by atoms with Crippen LogP contribution in [0.1, 0.15) is 20.3 Å². The fourth-order valence-corrected chi connectivity index (χ4v) is 2.93. The number of sulfone groups is 1. The summed E-state index contributed by atoms with van der Waals surface area (Å²) in [6.45, 7) is 4.00. The average molecular weight is 319 g/mol. The zero-order chi connectivity index (χ0) is 16.5. The first-order chi connectivity index (χ1) is 9.96. The van der Waals surface area contributed by atoms with E-state index >= 15 is 0 Å². The first kappa shape index (κ1) is 19.2. The maximum absolute atomic E-state index is 12.2. The SMILES string of the molecule is CC.COC(=O)CCS(=O)(=O)c1c(OC)ccnc1OC. The van der Waals surface area contributed by atoms with E-state index in [4.69, 9.17) is 9.47 Å². The summed E-state index contributed by atoms with van der Waals surface area (Å²) in [5.74, 6) is -0.954. The number of carbonyl (C=O) groups excluding carboxylic acids is 1. The molecule has 120 valence electrons. The van der Waals surface area contributed by atoms with Crippen LogP contribution in [-0.4, -0.2) is 46.5 Å². The number of esters is 1. The van der Waals surface area contributed by atoms with E-state index in [-0.39, 0.29) is 22.9 Å². The van der Waals surface area contributed by atoms with E-state index in [1.54, 1.807) is 0 Å². The summed E-state index contributed by atoms with van der Waals surface area (Å²) in [6.07, 6.45) is 1.12. The van der Waals surface area contributed by atoms with Crippen molar-refractivity contribution >= 4 is 15.8 Å². The number of nitrogens with zero attached hydrogens (tertiary/aromatic N) is 1. The molecule has 0 unspecified atom stereocenters. The van der Waals surface area contributed by atoms with E-state index in [1.165, 1.54) is 33.6 Å². The summed E-state index contributed by atoms with van der Waals surface area (Å²) >= 11 is 0. The highest BCUT2D eigenvalue weighted by atomic mass is 32.2. The largest absolute Gasteiger partial charge is 0.495 e. The highest BCUT2D eigenvalue weighted by Gasteiger charge is 2.26. The molecule has 0 N–H and O–H groups in total. The Balaban J connectivity index is 0.00000191. The molecular formula is C13H21NO6S. The highest BCUT2D eigenvalue weighted by molar-refractivity contribution is 7.91. The van der Waals surface area contributed by atoms with E-state index in [1.807, 2.05) is 13.8 Å². The lowest BCUT2D eigenvalue weighted by Gasteiger charge is -2.11. The number of pyridine rings is 1. The van der Waals surface area contributed by atoms with Crippen molar-refractivity contribution in [3.05, 3.63) is 12.3 Å². The Morgan fingerprint density at radius 3 is 2.29 bits per heavy atom. The lowest BCUT2D eigenvalue weighted by Crippen LogP contribution is -2.14. The van der Waals surface area contributed by atoms with Gasteiger partial charge in [0.1, 0.15) is 5.75 Å². The Morgan fingerprint density at radius 1 is 1.19 bits per heavy atom. The first-order valence-electron chi connectivity index (χ1n) is 6.32. The van der Waals surface area contributed by atoms with Gasteiger partial charge < -0.3 is 14.2 Å². The van der Waals surface area contributed by atoms with Crippen LogP contribution in [0.2, 0.25) is 0 Å². The van der Waals surface area contributed by atoms with Crippen LogP contribution < -0.4 is 9.47 Å². The quantitative estimate of drug-likeness (QED) is 0.733. The predicted molar refractivity (Wildman–Crippen MR) is 77.4 cm³/mol. The third kappa shape index (κ3) is 5.22. The van der Waals surface area contributed by atoms with Crippen molar-refractivity contribution in [2.24, 2.45) is 0 Å². The number of rotatable bonds is 6. The number of carbonyl (C=O) groups is 1. The molecular weight excluding hydrogens is 298 g/mol. The Bertz CT molecular complexity index is 534. The van der Waals surface area contributed by atoms with E-state index in [0.717, 1.165) is 0 Å². The number of ether oxygens (including phenoxy) is 3. The standard InChI is InChI=1S/C11H15NO6S.C2H6/c1-16-8-4-6-12-11(18-3)10(8)19(14,15)7-5-9(13)17-2;1-2/h4,6H,5,7H2,1-3H3;1-2H3. The highest BCUT2D eigenvalue weighted by Crippen LogP contribution is 2.31. The molecule has 1 heterocycles. The fourth-order valence-electron chi connectivity index (χ4n) is 1.43. The molecule has 0 atom stereocenters. The molecule has 0 aliphatic heterocycles. The van der Waals surface area contributed by atoms with Gasteiger partial charge in [-0.05, 0) is 0 Å². The van der Waals surface area contributed by atoms with Crippen LogP contribution in [0, 0.1) is 0 Å². The summed E-state index contributed by atoms with van der Waals surface area (Å²) < 4.78 is 38.7. The Labute approximate surface area is 125 Å². The van der Waals surface area contributed by atoms with Crippen LogP contribution in [0.15, 0.2) is 17.2 Å². The van der Waals surface area contributed by atoms with Gasteiger partial charge in [-0.25, -0.2) is 13.4 Å². The van der Waals surface area contributed by atoms with Crippen LogP contribution in [0.25, 0.3) is 0 Å². The topological polar surface area (TPSA) is 91.8 Å². The zero-order valence-electron chi connectivity index (χ0n) is 12.9. The molecule has 1 aromatic rings. The molecule has 0 saturated heterocycles. The normalized spacial score (nSPS) is 10.1. The van der Waals surface area contributed by atoms with Gasteiger partial charge in [0.2, 0.25) is 5.88 Å². The van der Waals surface area contributed by atoms with Crippen molar-refractivity contribution in [2.45, 2.75) is 25.2 Å². The molecule has 0 radical (unpaired) electrons. The summed E-state index contributed by atoms with van der Waals surface area (Å²) in [5, 5.41) is 0. The second-order valence-electron chi connectivity index (χ2n) is 3.50. The van der Waals surface area contributed by atoms with Gasteiger partial charge in [0, 0.05) is 12.3 Å². The molecule has 7 nitrogen and oxygen atoms in total. The van der Waals surface area contributed by atoms with Crippen LogP contribution in [0.5, 0.6) is 11.6 Å². The van der Waals surface area contributed by atoms with Gasteiger partial charge in [0.25, 0.3) is 0 Å². The third-order valence-electron chi connectivity index (χ3n) is 2.36. The van der Waals surface area contributed by atoms with Gasteiger partial charge in [-0.15, -0.1) is 0 Å². The molecule has 0 bridgehead atoms. The number of hydrogen-bond acceptors (Lipinski definition) is 7. The van der Waals surface area contributed by atoms with Crippen LogP contribution >= 0.6 is 0 Å². The van der Waals surface area contributed by atoms with Gasteiger partial charge in [0.05, 0.1) is 33.5 Å². The Morgan fingerprint density at radius 2 is 1.81 bits per heavy atom. The van der Waals surface area contributed by atoms with Gasteiger partial charge in [0.15, 0.2) is 14.7 Å². The average Bonchev–Trinajstić information content (AvgIpc) is 2.53. The Hall–Kier alpha value is -1.83. The summed E-state index contributed by atoms with van der Waals surface area (Å²) in [5.41, 5.74) is 0. The Kier molecular flexibility index (Phi) is 8.37. The minimum Gasteiger partial charge on any atom is -0.495 e. The van der Waals surface area contributed by atoms with E-state index in [0.29, 0.717) is 0 Å². The van der Waals surface area contributed by atoms with Gasteiger partial charge in [-0.1, -0.05) is 13.8 Å². The van der Waals surface area contributed by atoms with Crippen LogP contribution in [0.4, 0.5) is 0 Å². The monoisotopic (exact) mass is 319 g/mol. The minimum absolute atomic E-state index is 0.0655. The van der Waals surface area contributed by atoms with Crippen molar-refractivity contribution in [3.63, 3.8) is 0 Å². The maximum atomic E-state index is 12.2. The first-order valence-corrected chi connectivity index (χ1v) is 7.98. The summed E-state index contributed by atoms with van der Waals surface area (Å²) in [4.78, 5) is 14.7. The van der Waals surface area contributed by atoms with Crippen molar-refractivity contribution in [2.75, 3.05) is 27.1 Å². The molecule has 8 heteroatoms. The smallest absolute Gasteiger partial charge is 0.306 e. The van der Waals surface area contributed by atoms with Crippen molar-refractivity contribution in [3.8, 4) is 11.6 Å². The second-order valence-corrected chi connectivity index (χ2v) is 5.54. The molecule has 0 spiro atoms. The van der Waals surface area contributed by atoms with Crippen LogP contribution in [0.3, 0.4) is 0 Å². The lowest BCUT2D eigenvalue weighted by molar-refractivity contribution is -0.140. The lowest BCUT2D eigenvalue weighted by atomic mass is 10.4. The fraction of sp³-hybridized carbons (Fsp3) is 0.538. The molecule has 0 aromatic carbocycles. The molecule has 0 aliphatic carbocycles. The molecule has 0 fully saturated rings. The number of hydrogen-bond donors (Lipinski definition) is 0. The number of aromatic nitrogens is 1. The minimum atomic E-state index is -3.76. The third-order valence-corrected chi connectivity index (χ3v) is 4.10. The van der Waals surface area contributed by atoms with Gasteiger partial charge >= 0.3 is 5.97 Å². The van der Waals surface area contributed by atoms with E-state index < -0.39 is 21.6 Å².